The molecule has 1 atom stereocenters. The molecule has 210 valence electrons. The first-order valence-corrected chi connectivity index (χ1v) is 15.4. The second-order valence-electron chi connectivity index (χ2n) is 9.06. The van der Waals surface area contributed by atoms with E-state index in [1.807, 2.05) is 32.9 Å². The first-order valence-electron chi connectivity index (χ1n) is 13.1. The molecule has 0 spiro atoms. The van der Waals surface area contributed by atoms with Crippen molar-refractivity contribution in [3.8, 4) is 5.75 Å². The lowest BCUT2D eigenvalue weighted by Gasteiger charge is -2.31. The minimum absolute atomic E-state index is 0.0785. The number of halogens is 1. The van der Waals surface area contributed by atoms with E-state index in [1.54, 1.807) is 41.3 Å². The molecule has 1 unspecified atom stereocenters. The van der Waals surface area contributed by atoms with Gasteiger partial charge in [-0.25, -0.2) is 8.42 Å². The molecule has 8 nitrogen and oxygen atoms in total. The van der Waals surface area contributed by atoms with Gasteiger partial charge in [0.15, 0.2) is 0 Å². The molecule has 0 aliphatic heterocycles. The third kappa shape index (κ3) is 9.51. The fraction of sp³-hybridized carbons (Fsp3) is 0.500. The van der Waals surface area contributed by atoms with Gasteiger partial charge in [-0.05, 0) is 56.0 Å². The Morgan fingerprint density at radius 2 is 1.71 bits per heavy atom. The minimum Gasteiger partial charge on any atom is -0.492 e. The van der Waals surface area contributed by atoms with Crippen LogP contribution >= 0.6 is 11.6 Å². The first-order chi connectivity index (χ1) is 18.1. The number of carbonyl (C=O) groups is 2. The predicted octanol–water partition coefficient (Wildman–Crippen LogP) is 5.01. The van der Waals surface area contributed by atoms with Crippen LogP contribution in [0.5, 0.6) is 5.75 Å². The van der Waals surface area contributed by atoms with Crippen LogP contribution in [-0.4, -0.2) is 57.1 Å². The summed E-state index contributed by atoms with van der Waals surface area (Å²) >= 11 is 6.03. The van der Waals surface area contributed by atoms with E-state index in [0.717, 1.165) is 24.7 Å². The maximum Gasteiger partial charge on any atom is 0.242 e. The second kappa shape index (κ2) is 15.6. The van der Waals surface area contributed by atoms with Gasteiger partial charge in [0.25, 0.3) is 0 Å². The zero-order chi connectivity index (χ0) is 28.1. The van der Waals surface area contributed by atoms with Crippen molar-refractivity contribution in [1.29, 1.82) is 0 Å². The van der Waals surface area contributed by atoms with E-state index in [1.165, 1.54) is 4.31 Å². The lowest BCUT2D eigenvalue weighted by atomic mass is 10.1. The van der Waals surface area contributed by atoms with E-state index in [4.69, 9.17) is 16.3 Å². The molecule has 0 heterocycles. The molecule has 0 radical (unpaired) electrons. The van der Waals surface area contributed by atoms with E-state index < -0.39 is 16.1 Å². The van der Waals surface area contributed by atoms with Crippen molar-refractivity contribution < 1.29 is 22.7 Å². The van der Waals surface area contributed by atoms with Gasteiger partial charge in [0.1, 0.15) is 11.8 Å². The van der Waals surface area contributed by atoms with Gasteiger partial charge in [0.05, 0.1) is 18.6 Å². The topological polar surface area (TPSA) is 96.0 Å². The number of para-hydroxylation sites is 2. The zero-order valence-corrected chi connectivity index (χ0v) is 24.4. The van der Waals surface area contributed by atoms with Gasteiger partial charge < -0.3 is 15.0 Å². The first kappa shape index (κ1) is 31.4. The lowest BCUT2D eigenvalue weighted by molar-refractivity contribution is -0.141. The molecule has 0 fully saturated rings. The van der Waals surface area contributed by atoms with Gasteiger partial charge >= 0.3 is 0 Å². The van der Waals surface area contributed by atoms with Crippen LogP contribution in [0.25, 0.3) is 0 Å². The van der Waals surface area contributed by atoms with Gasteiger partial charge in [-0.15, -0.1) is 0 Å². The van der Waals surface area contributed by atoms with E-state index in [9.17, 15) is 18.0 Å². The third-order valence-corrected chi connectivity index (χ3v) is 7.50. The molecule has 0 aromatic heterocycles. The molecule has 0 aliphatic rings. The quantitative estimate of drug-likeness (QED) is 0.289. The summed E-state index contributed by atoms with van der Waals surface area (Å²) in [5, 5.41) is 3.53. The highest BCUT2D eigenvalue weighted by Gasteiger charge is 2.29. The molecule has 0 saturated carbocycles. The van der Waals surface area contributed by atoms with Crippen molar-refractivity contribution in [3.05, 3.63) is 59.1 Å². The number of carbonyl (C=O) groups excluding carboxylic acids is 2. The summed E-state index contributed by atoms with van der Waals surface area (Å²) in [6, 6.07) is 13.5. The Morgan fingerprint density at radius 1 is 1.03 bits per heavy atom. The molecule has 10 heteroatoms. The molecule has 38 heavy (non-hydrogen) atoms. The maximum absolute atomic E-state index is 13.5. The van der Waals surface area contributed by atoms with E-state index >= 15 is 0 Å². The number of ether oxygens (including phenoxy) is 1. The number of amides is 2. The number of nitrogens with one attached hydrogen (secondary N) is 1. The molecular formula is C28H40ClN3O5S. The van der Waals surface area contributed by atoms with Gasteiger partial charge in [0.2, 0.25) is 21.8 Å². The van der Waals surface area contributed by atoms with Crippen molar-refractivity contribution in [3.63, 3.8) is 0 Å². The Labute approximate surface area is 232 Å². The fourth-order valence-corrected chi connectivity index (χ4v) is 5.23. The van der Waals surface area contributed by atoms with Crippen molar-refractivity contribution in [2.24, 2.45) is 0 Å². The van der Waals surface area contributed by atoms with E-state index in [-0.39, 0.29) is 37.7 Å². The predicted molar refractivity (Wildman–Crippen MR) is 153 cm³/mol. The van der Waals surface area contributed by atoms with Crippen LogP contribution in [0, 0.1) is 0 Å². The number of hydrogen-bond acceptors (Lipinski definition) is 5. The average molecular weight is 566 g/mol. The Bertz CT molecular complexity index is 1140. The van der Waals surface area contributed by atoms with Crippen LogP contribution in [0.1, 0.15) is 58.4 Å². The Kier molecular flexibility index (Phi) is 12.9. The molecule has 2 amide bonds. The monoisotopic (exact) mass is 565 g/mol. The summed E-state index contributed by atoms with van der Waals surface area (Å²) in [7, 11) is -3.63. The third-order valence-electron chi connectivity index (χ3n) is 6.07. The lowest BCUT2D eigenvalue weighted by Crippen LogP contribution is -2.49. The van der Waals surface area contributed by atoms with E-state index in [2.05, 4.69) is 5.32 Å². The smallest absolute Gasteiger partial charge is 0.242 e. The van der Waals surface area contributed by atoms with Crippen molar-refractivity contribution in [1.82, 2.24) is 10.2 Å². The molecule has 1 N–H and O–H groups in total. The van der Waals surface area contributed by atoms with Crippen LogP contribution in [0.2, 0.25) is 5.02 Å². The van der Waals surface area contributed by atoms with Gasteiger partial charge in [-0.2, -0.15) is 0 Å². The van der Waals surface area contributed by atoms with Crippen LogP contribution in [0.15, 0.2) is 48.5 Å². The maximum atomic E-state index is 13.5. The highest BCUT2D eigenvalue weighted by atomic mass is 35.5. The molecular weight excluding hydrogens is 526 g/mol. The van der Waals surface area contributed by atoms with Crippen LogP contribution in [-0.2, 0) is 26.2 Å². The Hall–Kier alpha value is -2.78. The van der Waals surface area contributed by atoms with Gasteiger partial charge in [0, 0.05) is 31.1 Å². The second-order valence-corrected chi connectivity index (χ2v) is 11.4. The number of nitrogens with zero attached hydrogens (tertiary/aromatic N) is 2. The van der Waals surface area contributed by atoms with Crippen molar-refractivity contribution in [2.45, 2.75) is 65.5 Å². The number of anilines is 1. The van der Waals surface area contributed by atoms with Gasteiger partial charge in [-0.3, -0.25) is 13.9 Å². The number of hydrogen-bond donors (Lipinski definition) is 1. The number of sulfonamides is 1. The summed E-state index contributed by atoms with van der Waals surface area (Å²) in [5.74, 6) is 0.0570. The summed E-state index contributed by atoms with van der Waals surface area (Å²) < 4.78 is 32.2. The highest BCUT2D eigenvalue weighted by molar-refractivity contribution is 7.92. The van der Waals surface area contributed by atoms with Crippen LogP contribution in [0.4, 0.5) is 5.69 Å². The highest BCUT2D eigenvalue weighted by Crippen LogP contribution is 2.30. The average Bonchev–Trinajstić information content (AvgIpc) is 2.88. The number of rotatable bonds is 16. The summed E-state index contributed by atoms with van der Waals surface area (Å²) in [6.45, 7) is 7.05. The fourth-order valence-electron chi connectivity index (χ4n) is 4.14. The van der Waals surface area contributed by atoms with Crippen molar-refractivity contribution >= 4 is 39.1 Å². The molecule has 0 saturated heterocycles. The Morgan fingerprint density at radius 3 is 2.32 bits per heavy atom. The van der Waals surface area contributed by atoms with Crippen molar-refractivity contribution in [2.75, 3.05) is 30.3 Å². The van der Waals surface area contributed by atoms with Crippen LogP contribution < -0.4 is 14.4 Å². The molecule has 0 bridgehead atoms. The summed E-state index contributed by atoms with van der Waals surface area (Å²) in [6.07, 6.45) is 3.75. The van der Waals surface area contributed by atoms with Gasteiger partial charge in [-0.1, -0.05) is 56.1 Å². The zero-order valence-electron chi connectivity index (χ0n) is 22.8. The molecule has 2 aromatic carbocycles. The molecule has 2 rings (SSSR count). The normalized spacial score (nSPS) is 12.0. The molecule has 2 aromatic rings. The largest absolute Gasteiger partial charge is 0.492 e. The Balaban J connectivity index is 2.22. The SMILES string of the molecule is CCCCNC(=O)C(CC)N(Cc1ccc(Cl)cc1)C(=O)CCCN(c1ccccc1OCC)S(C)(=O)=O. The van der Waals surface area contributed by atoms with Crippen LogP contribution in [0.3, 0.4) is 0 Å². The number of benzene rings is 2. The minimum atomic E-state index is -3.63. The molecule has 0 aliphatic carbocycles. The standard InChI is InChI=1S/C28H40ClN3O5S/c1-5-8-19-30-28(34)24(6-2)31(21-22-15-17-23(29)18-16-22)27(33)14-11-20-32(38(4,35)36)25-12-9-10-13-26(25)37-7-3/h9-10,12-13,15-18,24H,5-8,11,14,19-21H2,1-4H3,(H,30,34). The summed E-state index contributed by atoms with van der Waals surface area (Å²) in [5.41, 5.74) is 1.29. The summed E-state index contributed by atoms with van der Waals surface area (Å²) in [4.78, 5) is 28.1. The number of unbranched alkanes of at least 4 members (excludes halogenated alkanes) is 1. The van der Waals surface area contributed by atoms with E-state index in [0.29, 0.717) is 36.0 Å².